The summed E-state index contributed by atoms with van der Waals surface area (Å²) >= 11 is 1.76. The quantitative estimate of drug-likeness (QED) is 0.781. The van der Waals surface area contributed by atoms with E-state index in [0.717, 1.165) is 37.1 Å². The number of hydrogen-bond acceptors (Lipinski definition) is 4. The normalized spacial score (nSPS) is 15.3. The van der Waals surface area contributed by atoms with Crippen LogP contribution >= 0.6 is 11.3 Å². The first-order valence-corrected chi connectivity index (χ1v) is 9.14. The maximum absolute atomic E-state index is 12.1. The molecule has 2 aromatic rings. The number of piperidine rings is 1. The molecular weight excluding hydrogens is 322 g/mol. The minimum Gasteiger partial charge on any atom is -0.392 e. The molecule has 0 atom stereocenters. The average Bonchev–Trinajstić information content (AvgIpc) is 3.15. The van der Waals surface area contributed by atoms with Crippen molar-refractivity contribution in [2.75, 3.05) is 18.0 Å². The van der Waals surface area contributed by atoms with Gasteiger partial charge in [-0.3, -0.25) is 0 Å². The van der Waals surface area contributed by atoms with Crippen molar-refractivity contribution >= 4 is 22.4 Å². The van der Waals surface area contributed by atoms with E-state index in [2.05, 4.69) is 33.0 Å². The predicted octanol–water partition coefficient (Wildman–Crippen LogP) is 2.71. The van der Waals surface area contributed by atoms with Crippen LogP contribution in [-0.4, -0.2) is 30.3 Å². The first-order valence-electron chi connectivity index (χ1n) is 8.26. The maximum atomic E-state index is 12.1. The van der Waals surface area contributed by atoms with Crippen molar-refractivity contribution in [1.29, 1.82) is 0 Å². The second kappa shape index (κ2) is 8.17. The highest BCUT2D eigenvalue weighted by atomic mass is 32.1. The number of carbonyl (C=O) groups is 1. The Morgan fingerprint density at radius 1 is 1.17 bits per heavy atom. The fraction of sp³-hybridized carbons (Fsp3) is 0.389. The summed E-state index contributed by atoms with van der Waals surface area (Å²) in [4.78, 5) is 14.5. The van der Waals surface area contributed by atoms with E-state index >= 15 is 0 Å². The molecule has 1 aliphatic heterocycles. The van der Waals surface area contributed by atoms with E-state index in [-0.39, 0.29) is 18.7 Å². The van der Waals surface area contributed by atoms with Gasteiger partial charge in [-0.15, -0.1) is 11.3 Å². The molecule has 0 unspecified atom stereocenters. The number of nitrogens with one attached hydrogen (secondary N) is 2. The molecule has 3 N–H and O–H groups in total. The van der Waals surface area contributed by atoms with Crippen LogP contribution in [0.15, 0.2) is 41.8 Å². The van der Waals surface area contributed by atoms with E-state index in [1.54, 1.807) is 11.3 Å². The molecule has 24 heavy (non-hydrogen) atoms. The molecule has 0 bridgehead atoms. The van der Waals surface area contributed by atoms with Gasteiger partial charge < -0.3 is 20.6 Å². The van der Waals surface area contributed by atoms with Crippen molar-refractivity contribution in [3.8, 4) is 0 Å². The van der Waals surface area contributed by atoms with E-state index in [1.165, 1.54) is 5.00 Å². The van der Waals surface area contributed by atoms with Gasteiger partial charge in [0.25, 0.3) is 0 Å². The smallest absolute Gasteiger partial charge is 0.315 e. The van der Waals surface area contributed by atoms with Crippen LogP contribution in [0.5, 0.6) is 0 Å². The number of hydrogen-bond donors (Lipinski definition) is 3. The fourth-order valence-corrected chi connectivity index (χ4v) is 3.78. The number of aliphatic hydroxyl groups excluding tert-OH is 1. The summed E-state index contributed by atoms with van der Waals surface area (Å²) in [6.07, 6.45) is 1.91. The summed E-state index contributed by atoms with van der Waals surface area (Å²) in [6.45, 7) is 2.36. The number of carbonyl (C=O) groups excluding carboxylic acids is 1. The fourth-order valence-electron chi connectivity index (χ4n) is 2.99. The van der Waals surface area contributed by atoms with Crippen LogP contribution in [0.4, 0.5) is 9.80 Å². The monoisotopic (exact) mass is 345 g/mol. The third-order valence-electron chi connectivity index (χ3n) is 4.38. The molecule has 1 aromatic carbocycles. The Labute approximate surface area is 146 Å². The minimum atomic E-state index is -0.141. The van der Waals surface area contributed by atoms with Crippen LogP contribution < -0.4 is 15.5 Å². The van der Waals surface area contributed by atoms with Crippen molar-refractivity contribution in [3.63, 3.8) is 0 Å². The molecule has 3 rings (SSSR count). The highest BCUT2D eigenvalue weighted by molar-refractivity contribution is 7.14. The van der Waals surface area contributed by atoms with Crippen molar-refractivity contribution in [2.24, 2.45) is 0 Å². The Balaban J connectivity index is 1.43. The molecule has 0 aliphatic carbocycles. The summed E-state index contributed by atoms with van der Waals surface area (Å²) in [5, 5.41) is 18.7. The van der Waals surface area contributed by atoms with Crippen LogP contribution in [0.25, 0.3) is 0 Å². The van der Waals surface area contributed by atoms with Gasteiger partial charge in [0.05, 0.1) is 11.6 Å². The summed E-state index contributed by atoms with van der Waals surface area (Å²) in [5.41, 5.74) is 1.80. The second-order valence-electron chi connectivity index (χ2n) is 5.97. The van der Waals surface area contributed by atoms with E-state index in [1.807, 2.05) is 24.3 Å². The lowest BCUT2D eigenvalue weighted by molar-refractivity contribution is 0.233. The van der Waals surface area contributed by atoms with Crippen molar-refractivity contribution in [1.82, 2.24) is 10.6 Å². The predicted molar refractivity (Wildman–Crippen MR) is 97.3 cm³/mol. The topological polar surface area (TPSA) is 64.6 Å². The number of nitrogens with zero attached hydrogens (tertiary/aromatic N) is 1. The molecular formula is C18H23N3O2S. The molecule has 0 spiro atoms. The van der Waals surface area contributed by atoms with Gasteiger partial charge in [0, 0.05) is 25.7 Å². The van der Waals surface area contributed by atoms with Crippen molar-refractivity contribution < 1.29 is 9.90 Å². The van der Waals surface area contributed by atoms with Crippen LogP contribution in [0.3, 0.4) is 0 Å². The molecule has 0 saturated carbocycles. The number of urea groups is 1. The Bertz CT molecular complexity index is 652. The van der Waals surface area contributed by atoms with Crippen LogP contribution in [0, 0.1) is 0 Å². The molecule has 2 amide bonds. The molecule has 6 heteroatoms. The summed E-state index contributed by atoms with van der Waals surface area (Å²) in [7, 11) is 0. The molecule has 1 aliphatic rings. The number of amides is 2. The van der Waals surface area contributed by atoms with Gasteiger partial charge in [0.2, 0.25) is 0 Å². The van der Waals surface area contributed by atoms with E-state index in [0.29, 0.717) is 6.54 Å². The van der Waals surface area contributed by atoms with Gasteiger partial charge in [0.15, 0.2) is 0 Å². The summed E-state index contributed by atoms with van der Waals surface area (Å²) in [5.74, 6) is 0. The SMILES string of the molecule is O=C(NCc1ccccc1CO)NC1CCN(c2cccs2)CC1. The van der Waals surface area contributed by atoms with Crippen molar-refractivity contribution in [2.45, 2.75) is 32.0 Å². The van der Waals surface area contributed by atoms with Gasteiger partial charge in [-0.1, -0.05) is 24.3 Å². The zero-order chi connectivity index (χ0) is 16.8. The lowest BCUT2D eigenvalue weighted by Crippen LogP contribution is -2.47. The van der Waals surface area contributed by atoms with E-state index < -0.39 is 0 Å². The Hall–Kier alpha value is -2.05. The van der Waals surface area contributed by atoms with Crippen LogP contribution in [0.1, 0.15) is 24.0 Å². The average molecular weight is 345 g/mol. The number of aliphatic hydroxyl groups is 1. The zero-order valence-corrected chi connectivity index (χ0v) is 14.4. The van der Waals surface area contributed by atoms with Crippen LogP contribution in [0.2, 0.25) is 0 Å². The lowest BCUT2D eigenvalue weighted by Gasteiger charge is -2.32. The molecule has 0 radical (unpaired) electrons. The molecule has 5 nitrogen and oxygen atoms in total. The standard InChI is InChI=1S/C18H23N3O2S/c22-13-15-5-2-1-4-14(15)12-19-18(23)20-16-7-9-21(10-8-16)17-6-3-11-24-17/h1-6,11,16,22H,7-10,12-13H2,(H2,19,20,23). The van der Waals surface area contributed by atoms with Gasteiger partial charge in [0.1, 0.15) is 0 Å². The van der Waals surface area contributed by atoms with Crippen LogP contribution in [-0.2, 0) is 13.2 Å². The first-order chi connectivity index (χ1) is 11.8. The second-order valence-corrected chi connectivity index (χ2v) is 6.89. The van der Waals surface area contributed by atoms with E-state index in [9.17, 15) is 9.90 Å². The number of thiophene rings is 1. The molecule has 1 fully saturated rings. The maximum Gasteiger partial charge on any atom is 0.315 e. The molecule has 1 aromatic heterocycles. The highest BCUT2D eigenvalue weighted by Crippen LogP contribution is 2.24. The summed E-state index contributed by atoms with van der Waals surface area (Å²) in [6, 6.07) is 11.9. The van der Waals surface area contributed by atoms with Gasteiger partial charge in [-0.25, -0.2) is 4.79 Å². The third kappa shape index (κ3) is 4.27. The molecule has 2 heterocycles. The zero-order valence-electron chi connectivity index (χ0n) is 13.6. The number of benzene rings is 1. The molecule has 1 saturated heterocycles. The number of anilines is 1. The Morgan fingerprint density at radius 3 is 2.58 bits per heavy atom. The van der Waals surface area contributed by atoms with Gasteiger partial charge in [-0.2, -0.15) is 0 Å². The lowest BCUT2D eigenvalue weighted by atomic mass is 10.1. The van der Waals surface area contributed by atoms with E-state index in [4.69, 9.17) is 0 Å². The summed E-state index contributed by atoms with van der Waals surface area (Å²) < 4.78 is 0. The van der Waals surface area contributed by atoms with Gasteiger partial charge in [-0.05, 0) is 41.5 Å². The van der Waals surface area contributed by atoms with Crippen molar-refractivity contribution in [3.05, 3.63) is 52.9 Å². The Kier molecular flexibility index (Phi) is 5.72. The molecule has 128 valence electrons. The van der Waals surface area contributed by atoms with Gasteiger partial charge >= 0.3 is 6.03 Å². The highest BCUT2D eigenvalue weighted by Gasteiger charge is 2.21. The largest absolute Gasteiger partial charge is 0.392 e. The third-order valence-corrected chi connectivity index (χ3v) is 5.31. The Morgan fingerprint density at radius 2 is 1.92 bits per heavy atom. The minimum absolute atomic E-state index is 0.0132. The number of rotatable bonds is 5. The first kappa shape index (κ1) is 16.8.